The van der Waals surface area contributed by atoms with E-state index in [4.69, 9.17) is 0 Å². The average molecular weight is 266 g/mol. The molecule has 0 bridgehead atoms. The van der Waals surface area contributed by atoms with Gasteiger partial charge in [-0.15, -0.1) is 0 Å². The predicted octanol–water partition coefficient (Wildman–Crippen LogP) is 3.29. The number of hydrogen-bond donors (Lipinski definition) is 1. The highest BCUT2D eigenvalue weighted by Crippen LogP contribution is 2.37. The van der Waals surface area contributed by atoms with Crippen LogP contribution < -0.4 is 5.32 Å². The minimum atomic E-state index is -0.189. The number of hydrogen-bond acceptors (Lipinski definition) is 2. The number of nitrogens with one attached hydrogen (secondary N) is 1. The molecule has 0 aromatic heterocycles. The molecule has 1 saturated carbocycles. The van der Waals surface area contributed by atoms with E-state index in [9.17, 15) is 4.79 Å². The van der Waals surface area contributed by atoms with Crippen LogP contribution in [0.4, 0.5) is 0 Å². The normalized spacial score (nSPS) is 26.0. The maximum Gasteiger partial charge on any atom is 0.244 e. The molecule has 0 radical (unpaired) electrons. The number of carbonyl (C=O) groups excluding carboxylic acids is 1. The Morgan fingerprint density at radius 3 is 2.42 bits per heavy atom. The van der Waals surface area contributed by atoms with Crippen LogP contribution in [0, 0.1) is 5.92 Å². The molecule has 2 aliphatic rings. The van der Waals surface area contributed by atoms with Crippen LogP contribution in [-0.4, -0.2) is 29.1 Å². The third kappa shape index (κ3) is 2.81. The molecule has 1 amide bonds. The smallest absolute Gasteiger partial charge is 0.244 e. The number of nitrogens with zero attached hydrogens (tertiary/aromatic N) is 1. The van der Waals surface area contributed by atoms with E-state index in [0.717, 1.165) is 32.2 Å². The molecule has 110 valence electrons. The van der Waals surface area contributed by atoms with E-state index in [-0.39, 0.29) is 11.7 Å². The van der Waals surface area contributed by atoms with Gasteiger partial charge in [-0.05, 0) is 25.2 Å². The van der Waals surface area contributed by atoms with Crippen LogP contribution in [0.25, 0.3) is 0 Å². The highest BCUT2D eigenvalue weighted by atomic mass is 16.2. The lowest BCUT2D eigenvalue weighted by molar-refractivity contribution is -0.133. The van der Waals surface area contributed by atoms with Gasteiger partial charge in [0.1, 0.15) is 0 Å². The van der Waals surface area contributed by atoms with Crippen LogP contribution in [0.3, 0.4) is 0 Å². The third-order valence-corrected chi connectivity index (χ3v) is 5.12. The van der Waals surface area contributed by atoms with Crippen molar-refractivity contribution in [2.24, 2.45) is 5.92 Å². The van der Waals surface area contributed by atoms with Crippen molar-refractivity contribution in [1.29, 1.82) is 0 Å². The first-order valence-corrected chi connectivity index (χ1v) is 8.25. The van der Waals surface area contributed by atoms with Crippen molar-refractivity contribution in [3.8, 4) is 0 Å². The van der Waals surface area contributed by atoms with E-state index in [2.05, 4.69) is 31.0 Å². The van der Waals surface area contributed by atoms with Crippen molar-refractivity contribution in [3.63, 3.8) is 0 Å². The Balaban J connectivity index is 2.11. The zero-order valence-electron chi connectivity index (χ0n) is 12.9. The number of amides is 1. The van der Waals surface area contributed by atoms with E-state index in [1.165, 1.54) is 25.7 Å². The van der Waals surface area contributed by atoms with Crippen molar-refractivity contribution in [2.45, 2.75) is 83.8 Å². The fourth-order valence-corrected chi connectivity index (χ4v) is 3.75. The molecule has 19 heavy (non-hydrogen) atoms. The third-order valence-electron chi connectivity index (χ3n) is 5.12. The van der Waals surface area contributed by atoms with Crippen molar-refractivity contribution >= 4 is 5.91 Å². The van der Waals surface area contributed by atoms with Gasteiger partial charge in [0, 0.05) is 6.54 Å². The molecule has 1 aliphatic heterocycles. The topological polar surface area (TPSA) is 32.3 Å². The highest BCUT2D eigenvalue weighted by molar-refractivity contribution is 5.89. The summed E-state index contributed by atoms with van der Waals surface area (Å²) >= 11 is 0. The van der Waals surface area contributed by atoms with Crippen LogP contribution in [0.15, 0.2) is 0 Å². The Labute approximate surface area is 118 Å². The fourth-order valence-electron chi connectivity index (χ4n) is 3.75. The largest absolute Gasteiger partial charge is 0.325 e. The van der Waals surface area contributed by atoms with Gasteiger partial charge in [0.25, 0.3) is 0 Å². The first-order valence-electron chi connectivity index (χ1n) is 8.25. The van der Waals surface area contributed by atoms with Gasteiger partial charge in [0.2, 0.25) is 5.91 Å². The lowest BCUT2D eigenvalue weighted by Gasteiger charge is -2.27. The summed E-state index contributed by atoms with van der Waals surface area (Å²) in [4.78, 5) is 15.0. The summed E-state index contributed by atoms with van der Waals surface area (Å²) in [5, 5.41) is 3.70. The molecule has 1 atom stereocenters. The summed E-state index contributed by atoms with van der Waals surface area (Å²) in [6.45, 7) is 7.64. The quantitative estimate of drug-likeness (QED) is 0.800. The molecule has 3 nitrogen and oxygen atoms in total. The van der Waals surface area contributed by atoms with Crippen LogP contribution in [-0.2, 0) is 4.79 Å². The van der Waals surface area contributed by atoms with E-state index in [1.54, 1.807) is 0 Å². The minimum Gasteiger partial charge on any atom is -0.325 e. The summed E-state index contributed by atoms with van der Waals surface area (Å²) in [5.74, 6) is 1.05. The van der Waals surface area contributed by atoms with Crippen molar-refractivity contribution in [2.75, 3.05) is 6.54 Å². The maximum absolute atomic E-state index is 12.8. The minimum absolute atomic E-state index is 0.189. The summed E-state index contributed by atoms with van der Waals surface area (Å²) in [6, 6.07) is 0. The SMILES string of the molecule is CCCC1NC2(CCCC2)C(=O)N1CC(CC)CC. The zero-order valence-corrected chi connectivity index (χ0v) is 12.9. The van der Waals surface area contributed by atoms with Gasteiger partial charge in [-0.25, -0.2) is 0 Å². The van der Waals surface area contributed by atoms with E-state index < -0.39 is 0 Å². The summed E-state index contributed by atoms with van der Waals surface area (Å²) in [7, 11) is 0. The van der Waals surface area contributed by atoms with E-state index >= 15 is 0 Å². The summed E-state index contributed by atoms with van der Waals surface area (Å²) in [5.41, 5.74) is -0.189. The second-order valence-corrected chi connectivity index (χ2v) is 6.38. The standard InChI is InChI=1S/C16H30N2O/c1-4-9-14-17-16(10-7-8-11-16)15(19)18(14)12-13(5-2)6-3/h13-14,17H,4-12H2,1-3H3. The Kier molecular flexibility index (Phi) is 4.88. The molecule has 2 rings (SSSR count). The summed E-state index contributed by atoms with van der Waals surface area (Å²) in [6.07, 6.45) is 9.37. The molecule has 1 unspecified atom stereocenters. The lowest BCUT2D eigenvalue weighted by atomic mass is 9.97. The van der Waals surface area contributed by atoms with Crippen molar-refractivity contribution < 1.29 is 4.79 Å². The molecular formula is C16H30N2O. The Morgan fingerprint density at radius 2 is 1.89 bits per heavy atom. The van der Waals surface area contributed by atoms with Gasteiger partial charge in [0.15, 0.2) is 0 Å². The molecular weight excluding hydrogens is 236 g/mol. The van der Waals surface area contributed by atoms with Gasteiger partial charge in [0.05, 0.1) is 11.7 Å². The number of rotatable bonds is 6. The molecule has 1 N–H and O–H groups in total. The monoisotopic (exact) mass is 266 g/mol. The highest BCUT2D eigenvalue weighted by Gasteiger charge is 2.51. The Bertz CT molecular complexity index is 306. The maximum atomic E-state index is 12.8. The van der Waals surface area contributed by atoms with Gasteiger partial charge in [-0.1, -0.05) is 52.9 Å². The van der Waals surface area contributed by atoms with Crippen molar-refractivity contribution in [1.82, 2.24) is 10.2 Å². The van der Waals surface area contributed by atoms with E-state index in [0.29, 0.717) is 11.8 Å². The second kappa shape index (κ2) is 6.25. The van der Waals surface area contributed by atoms with Crippen LogP contribution >= 0.6 is 0 Å². The Hall–Kier alpha value is -0.570. The first-order chi connectivity index (χ1) is 9.16. The van der Waals surface area contributed by atoms with Crippen LogP contribution in [0.1, 0.15) is 72.1 Å². The van der Waals surface area contributed by atoms with Gasteiger partial charge in [-0.2, -0.15) is 0 Å². The molecule has 1 aliphatic carbocycles. The molecule has 3 heteroatoms. The van der Waals surface area contributed by atoms with Gasteiger partial charge < -0.3 is 4.90 Å². The second-order valence-electron chi connectivity index (χ2n) is 6.38. The molecule has 0 aromatic carbocycles. The summed E-state index contributed by atoms with van der Waals surface area (Å²) < 4.78 is 0. The zero-order chi connectivity index (χ0) is 13.9. The first kappa shape index (κ1) is 14.8. The van der Waals surface area contributed by atoms with Gasteiger partial charge >= 0.3 is 0 Å². The molecule has 1 saturated heterocycles. The fraction of sp³-hybridized carbons (Fsp3) is 0.938. The van der Waals surface area contributed by atoms with Crippen LogP contribution in [0.5, 0.6) is 0 Å². The van der Waals surface area contributed by atoms with E-state index in [1.807, 2.05) is 0 Å². The average Bonchev–Trinajstić information content (AvgIpc) is 2.97. The molecule has 0 aromatic rings. The van der Waals surface area contributed by atoms with Crippen molar-refractivity contribution in [3.05, 3.63) is 0 Å². The molecule has 1 heterocycles. The molecule has 2 fully saturated rings. The number of carbonyl (C=O) groups is 1. The van der Waals surface area contributed by atoms with Crippen LogP contribution in [0.2, 0.25) is 0 Å². The molecule has 1 spiro atoms. The Morgan fingerprint density at radius 1 is 1.26 bits per heavy atom. The lowest BCUT2D eigenvalue weighted by Crippen LogP contribution is -2.44. The predicted molar refractivity (Wildman–Crippen MR) is 78.8 cm³/mol. The van der Waals surface area contributed by atoms with Gasteiger partial charge in [-0.3, -0.25) is 10.1 Å².